The standard InChI is InChI=1S/C43H26ClN3S/c44-43-46-41(30-21-19-28(20-22-30)27-9-2-1-3-10-27)45-42(47-43)36-17-8-18-39-40(36)37-26-32(23-24-38(37)48-39)31-13-6-14-33(25-31)35-16-7-12-29-11-4-5-15-34(29)35/h1-26H. The van der Waals surface area contributed by atoms with Crippen molar-refractivity contribution in [3.8, 4) is 56.2 Å². The molecule has 0 fully saturated rings. The molecule has 0 saturated carbocycles. The molecule has 0 atom stereocenters. The average molecular weight is 652 g/mol. The molecule has 2 aromatic heterocycles. The number of fused-ring (bicyclic) bond motifs is 4. The maximum atomic E-state index is 6.57. The van der Waals surface area contributed by atoms with Gasteiger partial charge in [0.05, 0.1) is 0 Å². The van der Waals surface area contributed by atoms with Gasteiger partial charge < -0.3 is 0 Å². The van der Waals surface area contributed by atoms with Crippen LogP contribution >= 0.6 is 22.9 Å². The Hall–Kier alpha value is -5.68. The van der Waals surface area contributed by atoms with Crippen LogP contribution in [0.3, 0.4) is 0 Å². The molecule has 0 aliphatic rings. The number of thiophene rings is 1. The van der Waals surface area contributed by atoms with E-state index in [-0.39, 0.29) is 5.28 Å². The van der Waals surface area contributed by atoms with Gasteiger partial charge in [0.1, 0.15) is 0 Å². The molecule has 0 N–H and O–H groups in total. The summed E-state index contributed by atoms with van der Waals surface area (Å²) in [5.41, 5.74) is 8.88. The first-order valence-electron chi connectivity index (χ1n) is 15.8. The molecule has 7 aromatic carbocycles. The van der Waals surface area contributed by atoms with Crippen LogP contribution in [0.2, 0.25) is 5.28 Å². The van der Waals surface area contributed by atoms with Crippen molar-refractivity contribution < 1.29 is 0 Å². The molecule has 5 heteroatoms. The van der Waals surface area contributed by atoms with Crippen molar-refractivity contribution in [1.29, 1.82) is 0 Å². The highest BCUT2D eigenvalue weighted by Gasteiger charge is 2.17. The molecular weight excluding hydrogens is 626 g/mol. The van der Waals surface area contributed by atoms with E-state index in [0.717, 1.165) is 33.2 Å². The van der Waals surface area contributed by atoms with Crippen molar-refractivity contribution in [2.24, 2.45) is 0 Å². The molecule has 48 heavy (non-hydrogen) atoms. The Labute approximate surface area is 286 Å². The van der Waals surface area contributed by atoms with Gasteiger partial charge in [0, 0.05) is 31.3 Å². The summed E-state index contributed by atoms with van der Waals surface area (Å²) in [6, 6.07) is 55.5. The van der Waals surface area contributed by atoms with Gasteiger partial charge in [-0.3, -0.25) is 0 Å². The lowest BCUT2D eigenvalue weighted by atomic mass is 9.94. The summed E-state index contributed by atoms with van der Waals surface area (Å²) < 4.78 is 2.39. The van der Waals surface area contributed by atoms with E-state index >= 15 is 0 Å². The van der Waals surface area contributed by atoms with Crippen LogP contribution in [0, 0.1) is 0 Å². The van der Waals surface area contributed by atoms with Crippen LogP contribution in [0.1, 0.15) is 0 Å². The van der Waals surface area contributed by atoms with Gasteiger partial charge in [0.15, 0.2) is 11.6 Å². The van der Waals surface area contributed by atoms with Crippen molar-refractivity contribution in [2.75, 3.05) is 0 Å². The maximum Gasteiger partial charge on any atom is 0.226 e. The van der Waals surface area contributed by atoms with Crippen molar-refractivity contribution in [3.63, 3.8) is 0 Å². The topological polar surface area (TPSA) is 38.7 Å². The van der Waals surface area contributed by atoms with Crippen LogP contribution < -0.4 is 0 Å². The van der Waals surface area contributed by atoms with Gasteiger partial charge in [-0.05, 0) is 80.0 Å². The first kappa shape index (κ1) is 28.5. The molecule has 0 spiro atoms. The average Bonchev–Trinajstić information content (AvgIpc) is 3.53. The van der Waals surface area contributed by atoms with Crippen LogP contribution in [0.5, 0.6) is 0 Å². The Kier molecular flexibility index (Phi) is 7.04. The summed E-state index contributed by atoms with van der Waals surface area (Å²) in [7, 11) is 0. The molecule has 0 amide bonds. The van der Waals surface area contributed by atoms with E-state index in [1.165, 1.54) is 42.2 Å². The lowest BCUT2D eigenvalue weighted by molar-refractivity contribution is 1.07. The third-order valence-corrected chi connectivity index (χ3v) is 10.2. The van der Waals surface area contributed by atoms with Gasteiger partial charge >= 0.3 is 0 Å². The van der Waals surface area contributed by atoms with Crippen LogP contribution in [0.4, 0.5) is 0 Å². The lowest BCUT2D eigenvalue weighted by Crippen LogP contribution is -1.97. The van der Waals surface area contributed by atoms with Gasteiger partial charge in [-0.1, -0.05) is 133 Å². The number of hydrogen-bond acceptors (Lipinski definition) is 4. The summed E-state index contributed by atoms with van der Waals surface area (Å²) in [5, 5.41) is 4.96. The first-order valence-corrected chi connectivity index (χ1v) is 17.0. The summed E-state index contributed by atoms with van der Waals surface area (Å²) in [4.78, 5) is 14.1. The molecule has 0 unspecified atom stereocenters. The predicted molar refractivity (Wildman–Crippen MR) is 202 cm³/mol. The zero-order valence-electron chi connectivity index (χ0n) is 25.6. The molecule has 0 bridgehead atoms. The number of nitrogens with zero attached hydrogens (tertiary/aromatic N) is 3. The minimum Gasteiger partial charge on any atom is -0.208 e. The molecule has 3 nitrogen and oxygen atoms in total. The Morgan fingerprint density at radius 2 is 1.02 bits per heavy atom. The van der Waals surface area contributed by atoms with E-state index in [1.807, 2.05) is 30.3 Å². The minimum atomic E-state index is 0.171. The second-order valence-electron chi connectivity index (χ2n) is 11.8. The third kappa shape index (κ3) is 5.12. The Bertz CT molecular complexity index is 2620. The zero-order valence-corrected chi connectivity index (χ0v) is 27.2. The van der Waals surface area contributed by atoms with Gasteiger partial charge in [0.25, 0.3) is 0 Å². The highest BCUT2D eigenvalue weighted by Crippen LogP contribution is 2.42. The van der Waals surface area contributed by atoms with E-state index < -0.39 is 0 Å². The van der Waals surface area contributed by atoms with E-state index in [1.54, 1.807) is 11.3 Å². The highest BCUT2D eigenvalue weighted by molar-refractivity contribution is 7.26. The number of rotatable bonds is 5. The number of benzene rings is 7. The van der Waals surface area contributed by atoms with Crippen molar-refractivity contribution in [3.05, 3.63) is 163 Å². The van der Waals surface area contributed by atoms with Crippen molar-refractivity contribution in [2.45, 2.75) is 0 Å². The quantitative estimate of drug-likeness (QED) is 0.186. The van der Waals surface area contributed by atoms with Crippen molar-refractivity contribution >= 4 is 53.9 Å². The highest BCUT2D eigenvalue weighted by atomic mass is 35.5. The van der Waals surface area contributed by atoms with Crippen LogP contribution in [0.15, 0.2) is 158 Å². The third-order valence-electron chi connectivity index (χ3n) is 8.89. The fourth-order valence-corrected chi connectivity index (χ4v) is 7.85. The zero-order chi connectivity index (χ0) is 32.0. The second kappa shape index (κ2) is 11.8. The molecule has 0 aliphatic heterocycles. The molecule has 0 aliphatic carbocycles. The molecule has 9 rings (SSSR count). The fourth-order valence-electron chi connectivity index (χ4n) is 6.58. The molecular formula is C43H26ClN3S. The predicted octanol–water partition coefficient (Wildman–Crippen LogP) is 12.4. The molecule has 9 aromatic rings. The largest absolute Gasteiger partial charge is 0.226 e. The number of halogens is 1. The number of aromatic nitrogens is 3. The van der Waals surface area contributed by atoms with Gasteiger partial charge in [-0.25, -0.2) is 4.98 Å². The number of hydrogen-bond donors (Lipinski definition) is 0. The fraction of sp³-hybridized carbons (Fsp3) is 0. The van der Waals surface area contributed by atoms with E-state index in [0.29, 0.717) is 11.6 Å². The molecule has 2 heterocycles. The van der Waals surface area contributed by atoms with Gasteiger partial charge in [0.2, 0.25) is 5.28 Å². The molecule has 0 radical (unpaired) electrons. The monoisotopic (exact) mass is 651 g/mol. The minimum absolute atomic E-state index is 0.171. The van der Waals surface area contributed by atoms with Gasteiger partial charge in [-0.2, -0.15) is 9.97 Å². The Morgan fingerprint density at radius 1 is 0.396 bits per heavy atom. The molecule has 226 valence electrons. The SMILES string of the molecule is Clc1nc(-c2ccc(-c3ccccc3)cc2)nc(-c2cccc3sc4ccc(-c5cccc(-c6cccc7ccccc67)c5)cc4c23)n1. The van der Waals surface area contributed by atoms with E-state index in [4.69, 9.17) is 16.6 Å². The normalized spacial score (nSPS) is 11.4. The summed E-state index contributed by atoms with van der Waals surface area (Å²) in [5.74, 6) is 1.11. The maximum absolute atomic E-state index is 6.57. The van der Waals surface area contributed by atoms with E-state index in [9.17, 15) is 0 Å². The Balaban J connectivity index is 1.14. The van der Waals surface area contributed by atoms with Gasteiger partial charge in [-0.15, -0.1) is 11.3 Å². The smallest absolute Gasteiger partial charge is 0.208 e. The Morgan fingerprint density at radius 3 is 1.92 bits per heavy atom. The summed E-state index contributed by atoms with van der Waals surface area (Å²) >= 11 is 8.34. The summed E-state index contributed by atoms with van der Waals surface area (Å²) in [6.45, 7) is 0. The van der Waals surface area contributed by atoms with Crippen LogP contribution in [0.25, 0.3) is 87.1 Å². The van der Waals surface area contributed by atoms with Crippen LogP contribution in [-0.4, -0.2) is 15.0 Å². The molecule has 0 saturated heterocycles. The lowest BCUT2D eigenvalue weighted by Gasteiger charge is -2.10. The second-order valence-corrected chi connectivity index (χ2v) is 13.2. The first-order chi connectivity index (χ1) is 23.7. The van der Waals surface area contributed by atoms with E-state index in [2.05, 4.69) is 137 Å². The van der Waals surface area contributed by atoms with Crippen molar-refractivity contribution in [1.82, 2.24) is 15.0 Å². The van der Waals surface area contributed by atoms with Crippen LogP contribution in [-0.2, 0) is 0 Å². The summed E-state index contributed by atoms with van der Waals surface area (Å²) in [6.07, 6.45) is 0.